The molecule has 1 rings (SSSR count). The Bertz CT molecular complexity index is 669. The topological polar surface area (TPSA) is 96.3 Å². The summed E-state index contributed by atoms with van der Waals surface area (Å²) in [5, 5.41) is 8.90. The van der Waals surface area contributed by atoms with E-state index in [-0.39, 0.29) is 0 Å². The molecule has 21 heavy (non-hydrogen) atoms. The summed E-state index contributed by atoms with van der Waals surface area (Å²) in [4.78, 5) is 11.9. The molecule has 0 fully saturated rings. The number of nitriles is 1. The fraction of sp³-hybridized carbons (Fsp3) is 0.429. The third-order valence-corrected chi connectivity index (χ3v) is 5.02. The predicted molar refractivity (Wildman–Crippen MR) is 77.7 cm³/mol. The van der Waals surface area contributed by atoms with Crippen molar-refractivity contribution < 1.29 is 17.9 Å². The number of esters is 1. The number of nitrogens with one attached hydrogen (secondary N) is 1. The van der Waals surface area contributed by atoms with Gasteiger partial charge in [-0.2, -0.15) is 9.98 Å². The third kappa shape index (κ3) is 4.03. The lowest BCUT2D eigenvalue weighted by Gasteiger charge is -2.24. The van der Waals surface area contributed by atoms with Crippen LogP contribution < -0.4 is 4.72 Å². The van der Waals surface area contributed by atoms with Gasteiger partial charge in [-0.3, -0.25) is 0 Å². The van der Waals surface area contributed by atoms with Crippen molar-refractivity contribution in [1.82, 2.24) is 4.72 Å². The van der Waals surface area contributed by atoms with Gasteiger partial charge in [0.05, 0.1) is 23.5 Å². The maximum absolute atomic E-state index is 12.2. The highest BCUT2D eigenvalue weighted by Crippen LogP contribution is 2.21. The monoisotopic (exact) mass is 310 g/mol. The number of hydrogen-bond acceptors (Lipinski definition) is 5. The van der Waals surface area contributed by atoms with Crippen LogP contribution in [0.15, 0.2) is 24.3 Å². The molecule has 6 nitrogen and oxygen atoms in total. The molecule has 0 aromatic heterocycles. The second-order valence-electron chi connectivity index (χ2n) is 5.43. The summed E-state index contributed by atoms with van der Waals surface area (Å²) >= 11 is 0. The van der Waals surface area contributed by atoms with Crippen LogP contribution in [0.5, 0.6) is 0 Å². The smallest absolute Gasteiger partial charge is 0.328 e. The minimum Gasteiger partial charge on any atom is -0.468 e. The van der Waals surface area contributed by atoms with Gasteiger partial charge in [0.15, 0.2) is 0 Å². The van der Waals surface area contributed by atoms with Crippen LogP contribution in [0.3, 0.4) is 0 Å². The number of hydrogen-bond donors (Lipinski definition) is 1. The highest BCUT2D eigenvalue weighted by molar-refractivity contribution is 7.90. The van der Waals surface area contributed by atoms with Gasteiger partial charge in [-0.15, -0.1) is 0 Å². The molecule has 0 radical (unpaired) electrons. The fourth-order valence-electron chi connectivity index (χ4n) is 1.49. The van der Waals surface area contributed by atoms with Crippen molar-refractivity contribution in [2.24, 2.45) is 0 Å². The fourth-order valence-corrected chi connectivity index (χ4v) is 2.39. The molecule has 1 atom stereocenters. The summed E-state index contributed by atoms with van der Waals surface area (Å²) in [7, 11) is -2.58. The van der Waals surface area contributed by atoms with E-state index in [1.165, 1.54) is 33.9 Å². The van der Waals surface area contributed by atoms with Crippen molar-refractivity contribution in [2.45, 2.75) is 31.6 Å². The number of nitrogens with zero attached hydrogens (tertiary/aromatic N) is 1. The molecule has 1 aromatic rings. The van der Waals surface area contributed by atoms with Crippen molar-refractivity contribution in [3.05, 3.63) is 35.4 Å². The first-order valence-corrected chi connectivity index (χ1v) is 7.70. The largest absolute Gasteiger partial charge is 0.468 e. The highest BCUT2D eigenvalue weighted by Gasteiger charge is 2.35. The molecular formula is C14H18N2O4S. The standard InChI is InChI=1S/C14H18N2O4S/c1-14(2,3)21(18,19)16-12(13(17)20-4)11-7-5-6-10(8-11)9-15/h5-8,12,16H,1-4H3. The number of sulfonamides is 1. The van der Waals surface area contributed by atoms with Crippen LogP contribution in [0.25, 0.3) is 0 Å². The average molecular weight is 310 g/mol. The van der Waals surface area contributed by atoms with Crippen LogP contribution in [0.2, 0.25) is 0 Å². The molecule has 0 bridgehead atoms. The molecule has 0 heterocycles. The van der Waals surface area contributed by atoms with E-state index >= 15 is 0 Å². The summed E-state index contributed by atoms with van der Waals surface area (Å²) in [5.74, 6) is -0.738. The molecule has 0 spiro atoms. The summed E-state index contributed by atoms with van der Waals surface area (Å²) in [6.45, 7) is 4.57. The molecular weight excluding hydrogens is 292 g/mol. The number of carbonyl (C=O) groups is 1. The Morgan fingerprint density at radius 1 is 1.38 bits per heavy atom. The van der Waals surface area contributed by atoms with Crippen LogP contribution in [0, 0.1) is 11.3 Å². The Hall–Kier alpha value is -1.91. The van der Waals surface area contributed by atoms with Crippen LogP contribution >= 0.6 is 0 Å². The quantitative estimate of drug-likeness (QED) is 0.850. The number of ether oxygens (including phenoxy) is 1. The molecule has 0 amide bonds. The third-order valence-electron chi connectivity index (χ3n) is 2.87. The maximum atomic E-state index is 12.2. The number of carbonyl (C=O) groups excluding carboxylic acids is 1. The van der Waals surface area contributed by atoms with Gasteiger partial charge in [0.1, 0.15) is 6.04 Å². The summed E-state index contributed by atoms with van der Waals surface area (Å²) in [6.07, 6.45) is 0. The Morgan fingerprint density at radius 3 is 2.48 bits per heavy atom. The van der Waals surface area contributed by atoms with Gasteiger partial charge in [0.25, 0.3) is 0 Å². The second-order valence-corrected chi connectivity index (χ2v) is 7.89. The van der Waals surface area contributed by atoms with Crippen molar-refractivity contribution in [3.8, 4) is 6.07 Å². The van der Waals surface area contributed by atoms with Crippen LogP contribution in [0.4, 0.5) is 0 Å². The van der Waals surface area contributed by atoms with E-state index in [1.54, 1.807) is 18.2 Å². The van der Waals surface area contributed by atoms with Gasteiger partial charge in [-0.1, -0.05) is 12.1 Å². The summed E-state index contributed by atoms with van der Waals surface area (Å²) in [6, 6.07) is 6.91. The van der Waals surface area contributed by atoms with E-state index in [4.69, 9.17) is 5.26 Å². The van der Waals surface area contributed by atoms with Crippen LogP contribution in [-0.4, -0.2) is 26.2 Å². The number of methoxy groups -OCH3 is 1. The molecule has 0 saturated carbocycles. The molecule has 0 aliphatic carbocycles. The molecule has 0 aliphatic rings. The number of rotatable bonds is 4. The average Bonchev–Trinajstić information content (AvgIpc) is 2.42. The van der Waals surface area contributed by atoms with Crippen molar-refractivity contribution in [2.75, 3.05) is 7.11 Å². The Kier molecular flexibility index (Phi) is 5.10. The SMILES string of the molecule is COC(=O)C(NS(=O)(=O)C(C)(C)C)c1cccc(C#N)c1. The normalized spacial score (nSPS) is 13.3. The Balaban J connectivity index is 3.26. The minimum atomic E-state index is -3.75. The van der Waals surface area contributed by atoms with E-state index in [0.717, 1.165) is 0 Å². The van der Waals surface area contributed by atoms with E-state index in [1.807, 2.05) is 6.07 Å². The number of benzene rings is 1. The molecule has 1 unspecified atom stereocenters. The molecule has 1 aromatic carbocycles. The summed E-state index contributed by atoms with van der Waals surface area (Å²) < 4.78 is 30.4. The van der Waals surface area contributed by atoms with Gasteiger partial charge in [-0.05, 0) is 38.5 Å². The molecule has 7 heteroatoms. The predicted octanol–water partition coefficient (Wildman–Crippen LogP) is 1.49. The first-order valence-electron chi connectivity index (χ1n) is 6.22. The van der Waals surface area contributed by atoms with Crippen LogP contribution in [-0.2, 0) is 19.6 Å². The van der Waals surface area contributed by atoms with Gasteiger partial charge in [0, 0.05) is 0 Å². The molecule has 0 aliphatic heterocycles. The first kappa shape index (κ1) is 17.1. The van der Waals surface area contributed by atoms with Gasteiger partial charge < -0.3 is 4.74 Å². The zero-order valence-electron chi connectivity index (χ0n) is 12.4. The van der Waals surface area contributed by atoms with E-state index in [2.05, 4.69) is 9.46 Å². The van der Waals surface area contributed by atoms with Crippen molar-refractivity contribution >= 4 is 16.0 Å². The molecule has 0 saturated heterocycles. The summed E-state index contributed by atoms with van der Waals surface area (Å²) in [5.41, 5.74) is 0.685. The lowest BCUT2D eigenvalue weighted by atomic mass is 10.1. The molecule has 114 valence electrons. The lowest BCUT2D eigenvalue weighted by molar-refractivity contribution is -0.142. The Morgan fingerprint density at radius 2 is 2.00 bits per heavy atom. The lowest BCUT2D eigenvalue weighted by Crippen LogP contribution is -2.43. The van der Waals surface area contributed by atoms with Gasteiger partial charge >= 0.3 is 5.97 Å². The second kappa shape index (κ2) is 6.24. The van der Waals surface area contributed by atoms with Gasteiger partial charge in [-0.25, -0.2) is 13.2 Å². The van der Waals surface area contributed by atoms with E-state index < -0.39 is 26.8 Å². The van der Waals surface area contributed by atoms with Gasteiger partial charge in [0.2, 0.25) is 10.0 Å². The first-order chi connectivity index (χ1) is 9.62. The zero-order valence-corrected chi connectivity index (χ0v) is 13.2. The maximum Gasteiger partial charge on any atom is 0.328 e. The van der Waals surface area contributed by atoms with E-state index in [0.29, 0.717) is 11.1 Å². The highest BCUT2D eigenvalue weighted by atomic mass is 32.2. The van der Waals surface area contributed by atoms with E-state index in [9.17, 15) is 13.2 Å². The van der Waals surface area contributed by atoms with Crippen LogP contribution in [0.1, 0.15) is 37.9 Å². The van der Waals surface area contributed by atoms with Crippen molar-refractivity contribution in [1.29, 1.82) is 5.26 Å². The molecule has 1 N–H and O–H groups in total. The zero-order chi connectivity index (χ0) is 16.3. The minimum absolute atomic E-state index is 0.330. The van der Waals surface area contributed by atoms with Crippen molar-refractivity contribution in [3.63, 3.8) is 0 Å². The Labute approximate surface area is 124 Å².